The van der Waals surface area contributed by atoms with Gasteiger partial charge in [0, 0.05) is 13.0 Å². The van der Waals surface area contributed by atoms with Crippen molar-refractivity contribution in [2.24, 2.45) is 0 Å². The van der Waals surface area contributed by atoms with Gasteiger partial charge in [-0.15, -0.1) is 0 Å². The molecule has 3 heteroatoms. The van der Waals surface area contributed by atoms with Crippen LogP contribution in [0.1, 0.15) is 32.8 Å². The first-order valence-corrected chi connectivity index (χ1v) is 6.50. The van der Waals surface area contributed by atoms with E-state index in [1.54, 1.807) is 0 Å². The van der Waals surface area contributed by atoms with E-state index in [4.69, 9.17) is 9.47 Å². The van der Waals surface area contributed by atoms with Crippen LogP contribution in [0.4, 0.5) is 0 Å². The zero-order valence-electron chi connectivity index (χ0n) is 11.3. The molecular formula is C15H22O3. The molecule has 1 fully saturated rings. The Kier molecular flexibility index (Phi) is 3.93. The molecule has 0 bridgehead atoms. The molecule has 1 heterocycles. The monoisotopic (exact) mass is 250 g/mol. The van der Waals surface area contributed by atoms with Crippen molar-refractivity contribution in [2.45, 2.75) is 44.8 Å². The summed E-state index contributed by atoms with van der Waals surface area (Å²) in [5, 5.41) is 9.85. The molecule has 1 saturated heterocycles. The van der Waals surface area contributed by atoms with Crippen molar-refractivity contribution in [3.05, 3.63) is 29.8 Å². The van der Waals surface area contributed by atoms with E-state index in [0.29, 0.717) is 19.6 Å². The van der Waals surface area contributed by atoms with E-state index in [2.05, 4.69) is 26.8 Å². The highest BCUT2D eigenvalue weighted by molar-refractivity contribution is 5.32. The Hall–Kier alpha value is -1.06. The molecule has 100 valence electrons. The number of hydrogen-bond donors (Lipinski definition) is 1. The van der Waals surface area contributed by atoms with Gasteiger partial charge in [-0.2, -0.15) is 0 Å². The Bertz CT molecular complexity index is 395. The maximum absolute atomic E-state index is 9.85. The van der Waals surface area contributed by atoms with E-state index in [9.17, 15) is 5.11 Å². The predicted octanol–water partition coefficient (Wildman–Crippen LogP) is 2.51. The second-order valence-electron chi connectivity index (χ2n) is 5.87. The van der Waals surface area contributed by atoms with E-state index in [0.717, 1.165) is 5.75 Å². The summed E-state index contributed by atoms with van der Waals surface area (Å²) in [5.41, 5.74) is 1.33. The summed E-state index contributed by atoms with van der Waals surface area (Å²) in [7, 11) is 0. The molecule has 3 nitrogen and oxygen atoms in total. The second kappa shape index (κ2) is 5.29. The fraction of sp³-hybridized carbons (Fsp3) is 0.600. The maximum Gasteiger partial charge on any atom is 0.148 e. The van der Waals surface area contributed by atoms with Gasteiger partial charge in [0.15, 0.2) is 0 Å². The van der Waals surface area contributed by atoms with E-state index >= 15 is 0 Å². The van der Waals surface area contributed by atoms with Gasteiger partial charge >= 0.3 is 0 Å². The maximum atomic E-state index is 9.85. The van der Waals surface area contributed by atoms with Crippen LogP contribution in [-0.4, -0.2) is 30.5 Å². The highest BCUT2D eigenvalue weighted by atomic mass is 16.5. The van der Waals surface area contributed by atoms with Gasteiger partial charge in [-0.1, -0.05) is 32.9 Å². The topological polar surface area (TPSA) is 38.7 Å². The molecule has 0 amide bonds. The number of ether oxygens (including phenoxy) is 2. The summed E-state index contributed by atoms with van der Waals surface area (Å²) >= 11 is 0. The molecule has 2 atom stereocenters. The van der Waals surface area contributed by atoms with Gasteiger partial charge in [0.1, 0.15) is 11.9 Å². The summed E-state index contributed by atoms with van der Waals surface area (Å²) in [6.45, 7) is 7.59. The average molecular weight is 250 g/mol. The zero-order valence-corrected chi connectivity index (χ0v) is 11.3. The number of benzene rings is 1. The molecule has 1 aliphatic rings. The van der Waals surface area contributed by atoms with Crippen LogP contribution in [-0.2, 0) is 10.2 Å². The molecule has 1 N–H and O–H groups in total. The number of aliphatic hydroxyl groups is 1. The standard InChI is InChI=1S/C15H22O3/c1-15(2,3)11-5-4-6-12(9-11)18-14-10-17-8-7-13(14)16/h4-6,9,13-14,16H,7-8,10H2,1-3H3. The van der Waals surface area contributed by atoms with E-state index in [1.165, 1.54) is 5.56 Å². The molecule has 1 aliphatic heterocycles. The lowest BCUT2D eigenvalue weighted by molar-refractivity contribution is -0.0735. The molecule has 2 unspecified atom stereocenters. The average Bonchev–Trinajstić information content (AvgIpc) is 2.31. The van der Waals surface area contributed by atoms with Crippen LogP contribution in [0.5, 0.6) is 5.75 Å². The van der Waals surface area contributed by atoms with Crippen LogP contribution in [0, 0.1) is 0 Å². The van der Waals surface area contributed by atoms with Gasteiger partial charge in [0.05, 0.1) is 12.7 Å². The molecule has 0 aliphatic carbocycles. The SMILES string of the molecule is CC(C)(C)c1cccc(OC2COCCC2O)c1. The highest BCUT2D eigenvalue weighted by Gasteiger charge is 2.25. The number of aliphatic hydroxyl groups excluding tert-OH is 1. The molecule has 18 heavy (non-hydrogen) atoms. The second-order valence-corrected chi connectivity index (χ2v) is 5.87. The zero-order chi connectivity index (χ0) is 13.2. The van der Waals surface area contributed by atoms with Crippen LogP contribution in [0.15, 0.2) is 24.3 Å². The van der Waals surface area contributed by atoms with Gasteiger partial charge in [-0.3, -0.25) is 0 Å². The Morgan fingerprint density at radius 1 is 1.33 bits per heavy atom. The van der Waals surface area contributed by atoms with Crippen LogP contribution in [0.2, 0.25) is 0 Å². The van der Waals surface area contributed by atoms with Crippen LogP contribution < -0.4 is 4.74 Å². The van der Waals surface area contributed by atoms with Crippen molar-refractivity contribution in [3.63, 3.8) is 0 Å². The minimum absolute atomic E-state index is 0.0983. The van der Waals surface area contributed by atoms with Crippen molar-refractivity contribution in [1.29, 1.82) is 0 Å². The fourth-order valence-corrected chi connectivity index (χ4v) is 2.02. The summed E-state index contributed by atoms with van der Waals surface area (Å²) < 4.78 is 11.2. The third kappa shape index (κ3) is 3.24. The lowest BCUT2D eigenvalue weighted by Crippen LogP contribution is -2.40. The third-order valence-corrected chi connectivity index (χ3v) is 3.26. The molecule has 2 rings (SSSR count). The summed E-state index contributed by atoms with van der Waals surface area (Å²) in [6, 6.07) is 8.06. The molecule has 1 aromatic rings. The third-order valence-electron chi connectivity index (χ3n) is 3.26. The minimum Gasteiger partial charge on any atom is -0.485 e. The highest BCUT2D eigenvalue weighted by Crippen LogP contribution is 2.26. The largest absolute Gasteiger partial charge is 0.485 e. The van der Waals surface area contributed by atoms with E-state index in [1.807, 2.05) is 18.2 Å². The normalized spacial score (nSPS) is 24.9. The minimum atomic E-state index is -0.433. The lowest BCUT2D eigenvalue weighted by atomic mass is 9.87. The Labute approximate surface area is 109 Å². The van der Waals surface area contributed by atoms with Crippen molar-refractivity contribution in [3.8, 4) is 5.75 Å². The van der Waals surface area contributed by atoms with Gasteiger partial charge in [-0.25, -0.2) is 0 Å². The van der Waals surface area contributed by atoms with Crippen molar-refractivity contribution in [1.82, 2.24) is 0 Å². The molecule has 1 aromatic carbocycles. The quantitative estimate of drug-likeness (QED) is 0.876. The van der Waals surface area contributed by atoms with Gasteiger partial charge in [-0.05, 0) is 23.1 Å². The molecule has 0 saturated carbocycles. The van der Waals surface area contributed by atoms with Gasteiger partial charge in [0.2, 0.25) is 0 Å². The Morgan fingerprint density at radius 2 is 2.11 bits per heavy atom. The number of rotatable bonds is 2. The summed E-state index contributed by atoms with van der Waals surface area (Å²) in [5.74, 6) is 0.803. The predicted molar refractivity (Wildman–Crippen MR) is 71.0 cm³/mol. The first-order valence-electron chi connectivity index (χ1n) is 6.50. The summed E-state index contributed by atoms with van der Waals surface area (Å²) in [6.07, 6.45) is -0.0464. The van der Waals surface area contributed by atoms with Gasteiger partial charge in [0.25, 0.3) is 0 Å². The van der Waals surface area contributed by atoms with Crippen LogP contribution >= 0.6 is 0 Å². The fourth-order valence-electron chi connectivity index (χ4n) is 2.02. The number of hydrogen-bond acceptors (Lipinski definition) is 3. The van der Waals surface area contributed by atoms with Crippen LogP contribution in [0.25, 0.3) is 0 Å². The summed E-state index contributed by atoms with van der Waals surface area (Å²) in [4.78, 5) is 0. The Balaban J connectivity index is 2.09. The van der Waals surface area contributed by atoms with Crippen molar-refractivity contribution < 1.29 is 14.6 Å². The smallest absolute Gasteiger partial charge is 0.148 e. The first-order chi connectivity index (χ1) is 8.47. The van der Waals surface area contributed by atoms with Crippen molar-refractivity contribution >= 4 is 0 Å². The Morgan fingerprint density at radius 3 is 2.78 bits per heavy atom. The molecule has 0 aromatic heterocycles. The molecular weight excluding hydrogens is 228 g/mol. The first kappa shape index (κ1) is 13.4. The van der Waals surface area contributed by atoms with Crippen LogP contribution in [0.3, 0.4) is 0 Å². The lowest BCUT2D eigenvalue weighted by Gasteiger charge is -2.29. The van der Waals surface area contributed by atoms with E-state index < -0.39 is 6.10 Å². The molecule has 0 radical (unpaired) electrons. The van der Waals surface area contributed by atoms with Gasteiger partial charge < -0.3 is 14.6 Å². The van der Waals surface area contributed by atoms with E-state index in [-0.39, 0.29) is 11.5 Å². The molecule has 0 spiro atoms. The van der Waals surface area contributed by atoms with Crippen molar-refractivity contribution in [2.75, 3.05) is 13.2 Å².